The minimum absolute atomic E-state index is 0.0170. The van der Waals surface area contributed by atoms with Gasteiger partial charge in [0.15, 0.2) is 0 Å². The van der Waals surface area contributed by atoms with Crippen LogP contribution in [0.4, 0.5) is 0 Å². The van der Waals surface area contributed by atoms with Crippen LogP contribution in [0.25, 0.3) is 22.4 Å². The minimum atomic E-state index is -0.519. The summed E-state index contributed by atoms with van der Waals surface area (Å²) in [6.45, 7) is 1.87. The molecule has 4 aromatic rings. The lowest BCUT2D eigenvalue weighted by Crippen LogP contribution is -2.24. The van der Waals surface area contributed by atoms with Crippen LogP contribution in [-0.4, -0.2) is 28.3 Å². The Morgan fingerprint density at radius 3 is 2.72 bits per heavy atom. The van der Waals surface area contributed by atoms with E-state index in [2.05, 4.69) is 15.5 Å². The predicted molar refractivity (Wildman–Crippen MR) is 115 cm³/mol. The molecule has 0 saturated heterocycles. The molecular formula is C23H21N3O6. The molecule has 164 valence electrons. The molecule has 0 saturated carbocycles. The number of benzene rings is 2. The zero-order valence-electron chi connectivity index (χ0n) is 17.5. The first kappa shape index (κ1) is 21.1. The van der Waals surface area contributed by atoms with Crippen molar-refractivity contribution in [1.29, 1.82) is 0 Å². The number of phenolic OH excluding ortho intramolecular Hbond substituents is 1. The maximum absolute atomic E-state index is 12.3. The molecule has 32 heavy (non-hydrogen) atoms. The van der Waals surface area contributed by atoms with Crippen molar-refractivity contribution >= 4 is 16.9 Å². The van der Waals surface area contributed by atoms with Gasteiger partial charge >= 0.3 is 5.63 Å². The van der Waals surface area contributed by atoms with E-state index in [0.717, 1.165) is 22.3 Å². The van der Waals surface area contributed by atoms with Crippen LogP contribution in [0.3, 0.4) is 0 Å². The summed E-state index contributed by atoms with van der Waals surface area (Å²) in [6, 6.07) is 11.8. The molecule has 0 radical (unpaired) electrons. The normalized spacial score (nSPS) is 10.9. The molecule has 9 nitrogen and oxygen atoms in total. The van der Waals surface area contributed by atoms with Crippen molar-refractivity contribution in [3.05, 3.63) is 69.9 Å². The molecule has 0 atom stereocenters. The van der Waals surface area contributed by atoms with Crippen molar-refractivity contribution in [1.82, 2.24) is 15.5 Å². The standard InChI is InChI=1S/C23H21N3O6/c1-13-17-8-5-15(27)11-19(17)31-23(29)18(13)9-10-20(28)24-12-21-25-22(26-32-21)14-3-6-16(30-2)7-4-14/h3-8,11,27H,9-10,12H2,1-2H3,(H,24,28). The van der Waals surface area contributed by atoms with E-state index >= 15 is 0 Å². The number of amides is 1. The lowest BCUT2D eigenvalue weighted by Gasteiger charge is -2.08. The summed E-state index contributed by atoms with van der Waals surface area (Å²) < 4.78 is 15.6. The molecule has 1 amide bonds. The van der Waals surface area contributed by atoms with Crippen molar-refractivity contribution in [3.8, 4) is 22.9 Å². The van der Waals surface area contributed by atoms with Crippen LogP contribution in [0.1, 0.15) is 23.4 Å². The number of rotatable bonds is 7. The number of fused-ring (bicyclic) bond motifs is 1. The molecule has 9 heteroatoms. The van der Waals surface area contributed by atoms with Crippen LogP contribution >= 0.6 is 0 Å². The zero-order chi connectivity index (χ0) is 22.7. The highest BCUT2D eigenvalue weighted by molar-refractivity contribution is 5.82. The van der Waals surface area contributed by atoms with Gasteiger partial charge in [0.25, 0.3) is 0 Å². The first-order valence-corrected chi connectivity index (χ1v) is 9.93. The quantitative estimate of drug-likeness (QED) is 0.424. The SMILES string of the molecule is COc1ccc(-c2noc(CNC(=O)CCc3c(C)c4ccc(O)cc4oc3=O)n2)cc1. The molecule has 0 aliphatic heterocycles. The maximum atomic E-state index is 12.3. The monoisotopic (exact) mass is 435 g/mol. The first-order valence-electron chi connectivity index (χ1n) is 9.93. The summed E-state index contributed by atoms with van der Waals surface area (Å²) in [5.41, 5.74) is 1.71. The summed E-state index contributed by atoms with van der Waals surface area (Å²) in [6.07, 6.45) is 0.312. The number of methoxy groups -OCH3 is 1. The van der Waals surface area contributed by atoms with Crippen LogP contribution in [0, 0.1) is 6.92 Å². The van der Waals surface area contributed by atoms with Gasteiger partial charge in [-0.15, -0.1) is 0 Å². The molecule has 2 N–H and O–H groups in total. The van der Waals surface area contributed by atoms with E-state index in [1.54, 1.807) is 32.2 Å². The van der Waals surface area contributed by atoms with Crippen LogP contribution in [0.2, 0.25) is 0 Å². The van der Waals surface area contributed by atoms with Gasteiger partial charge in [-0.25, -0.2) is 4.79 Å². The van der Waals surface area contributed by atoms with Gasteiger partial charge < -0.3 is 24.1 Å². The van der Waals surface area contributed by atoms with Gasteiger partial charge in [0.05, 0.1) is 13.7 Å². The summed E-state index contributed by atoms with van der Waals surface area (Å²) >= 11 is 0. The number of hydrogen-bond acceptors (Lipinski definition) is 8. The topological polar surface area (TPSA) is 128 Å². The molecule has 2 heterocycles. The Bertz CT molecular complexity index is 1320. The number of phenols is 1. The Labute approximate surface area is 182 Å². The fourth-order valence-electron chi connectivity index (χ4n) is 3.36. The van der Waals surface area contributed by atoms with Gasteiger partial charge in [-0.05, 0) is 55.3 Å². The van der Waals surface area contributed by atoms with Crippen molar-refractivity contribution in [2.45, 2.75) is 26.3 Å². The molecule has 0 unspecified atom stereocenters. The van der Waals surface area contributed by atoms with E-state index in [4.69, 9.17) is 13.7 Å². The number of carbonyl (C=O) groups is 1. The smallest absolute Gasteiger partial charge is 0.339 e. The second-order valence-electron chi connectivity index (χ2n) is 7.19. The lowest BCUT2D eigenvalue weighted by atomic mass is 10.0. The Balaban J connectivity index is 1.36. The summed E-state index contributed by atoms with van der Waals surface area (Å²) in [5, 5.41) is 16.9. The van der Waals surface area contributed by atoms with E-state index in [9.17, 15) is 14.7 Å². The zero-order valence-corrected chi connectivity index (χ0v) is 17.5. The van der Waals surface area contributed by atoms with E-state index < -0.39 is 5.63 Å². The third kappa shape index (κ3) is 4.46. The highest BCUT2D eigenvalue weighted by Crippen LogP contribution is 2.24. The Morgan fingerprint density at radius 1 is 1.19 bits per heavy atom. The largest absolute Gasteiger partial charge is 0.508 e. The number of aryl methyl sites for hydroxylation is 1. The second kappa shape index (κ2) is 8.93. The molecule has 0 bridgehead atoms. The molecule has 0 aliphatic rings. The Kier molecular flexibility index (Phi) is 5.89. The van der Waals surface area contributed by atoms with Crippen LogP contribution in [-0.2, 0) is 17.8 Å². The number of carbonyl (C=O) groups excluding carboxylic acids is 1. The van der Waals surface area contributed by atoms with E-state index in [0.29, 0.717) is 17.0 Å². The number of aromatic hydroxyl groups is 1. The number of nitrogens with zero attached hydrogens (tertiary/aromatic N) is 2. The third-order valence-corrected chi connectivity index (χ3v) is 5.13. The number of aromatic nitrogens is 2. The number of ether oxygens (including phenoxy) is 1. The van der Waals surface area contributed by atoms with Crippen LogP contribution in [0.5, 0.6) is 11.5 Å². The first-order chi connectivity index (χ1) is 15.4. The average Bonchev–Trinajstić information content (AvgIpc) is 3.26. The average molecular weight is 435 g/mol. The van der Waals surface area contributed by atoms with Gasteiger partial charge in [0.1, 0.15) is 17.1 Å². The van der Waals surface area contributed by atoms with E-state index in [1.165, 1.54) is 12.1 Å². The summed E-state index contributed by atoms with van der Waals surface area (Å²) in [7, 11) is 1.59. The highest BCUT2D eigenvalue weighted by atomic mass is 16.5. The molecule has 2 aromatic carbocycles. The van der Waals surface area contributed by atoms with Crippen molar-refractivity contribution in [3.63, 3.8) is 0 Å². The number of hydrogen-bond donors (Lipinski definition) is 2. The molecule has 0 spiro atoms. The van der Waals surface area contributed by atoms with Crippen LogP contribution in [0.15, 0.2) is 56.2 Å². The van der Waals surface area contributed by atoms with Gasteiger partial charge in [0, 0.05) is 29.0 Å². The van der Waals surface area contributed by atoms with Crippen LogP contribution < -0.4 is 15.7 Å². The Morgan fingerprint density at radius 2 is 1.97 bits per heavy atom. The van der Waals surface area contributed by atoms with Gasteiger partial charge in [0.2, 0.25) is 17.6 Å². The lowest BCUT2D eigenvalue weighted by molar-refractivity contribution is -0.121. The van der Waals surface area contributed by atoms with Crippen molar-refractivity contribution in [2.24, 2.45) is 0 Å². The molecular weight excluding hydrogens is 414 g/mol. The van der Waals surface area contributed by atoms with Crippen molar-refractivity contribution in [2.75, 3.05) is 7.11 Å². The second-order valence-corrected chi connectivity index (χ2v) is 7.19. The van der Waals surface area contributed by atoms with Gasteiger partial charge in [-0.3, -0.25) is 4.79 Å². The van der Waals surface area contributed by atoms with E-state index in [-0.39, 0.29) is 36.9 Å². The molecule has 4 rings (SSSR count). The maximum Gasteiger partial charge on any atom is 0.339 e. The fourth-order valence-corrected chi connectivity index (χ4v) is 3.36. The van der Waals surface area contributed by atoms with Gasteiger partial charge in [-0.2, -0.15) is 4.98 Å². The highest BCUT2D eigenvalue weighted by Gasteiger charge is 2.14. The third-order valence-electron chi connectivity index (χ3n) is 5.13. The number of nitrogens with one attached hydrogen (secondary N) is 1. The predicted octanol–water partition coefficient (Wildman–Crippen LogP) is 3.11. The Hall–Kier alpha value is -4.14. The molecule has 0 aliphatic carbocycles. The summed E-state index contributed by atoms with van der Waals surface area (Å²) in [4.78, 5) is 28.9. The van der Waals surface area contributed by atoms with E-state index in [1.807, 2.05) is 12.1 Å². The van der Waals surface area contributed by atoms with Gasteiger partial charge in [-0.1, -0.05) is 5.16 Å². The summed E-state index contributed by atoms with van der Waals surface area (Å²) in [5.74, 6) is 1.15. The molecule has 0 fully saturated rings. The molecule has 2 aromatic heterocycles. The minimum Gasteiger partial charge on any atom is -0.508 e. The van der Waals surface area contributed by atoms with Crippen molar-refractivity contribution < 1.29 is 23.6 Å². The fraction of sp³-hybridized carbons (Fsp3) is 0.217.